The van der Waals surface area contributed by atoms with Crippen LogP contribution in [-0.2, 0) is 15.0 Å². The molecule has 1 aliphatic carbocycles. The van der Waals surface area contributed by atoms with Crippen LogP contribution >= 0.6 is 0 Å². The number of likely N-dealkylation sites (tertiary alicyclic amines) is 1. The van der Waals surface area contributed by atoms with Gasteiger partial charge < -0.3 is 10.4 Å². The van der Waals surface area contributed by atoms with Gasteiger partial charge in [-0.05, 0) is 48.9 Å². The second-order valence-corrected chi connectivity index (χ2v) is 12.0. The molecule has 1 aromatic heterocycles. The SMILES string of the molecule is CC1(O)C[C@H](C(=O)N(c2ccc(C(C)(C)C)cc2)C(C(=O)NC2CCCCC2)c2cccnc2)N(C#N)C1. The first-order chi connectivity index (χ1) is 18.0. The number of hydrogen-bond acceptors (Lipinski definition) is 6. The predicted molar refractivity (Wildman–Crippen MR) is 146 cm³/mol. The summed E-state index contributed by atoms with van der Waals surface area (Å²) < 4.78 is 0. The van der Waals surface area contributed by atoms with E-state index in [4.69, 9.17) is 0 Å². The fraction of sp³-hybridized carbons (Fsp3) is 0.533. The highest BCUT2D eigenvalue weighted by atomic mass is 16.3. The lowest BCUT2D eigenvalue weighted by molar-refractivity contribution is -0.128. The highest BCUT2D eigenvalue weighted by Crippen LogP contribution is 2.35. The lowest BCUT2D eigenvalue weighted by Crippen LogP contribution is -2.51. The zero-order valence-electron chi connectivity index (χ0n) is 22.9. The van der Waals surface area contributed by atoms with Gasteiger partial charge in [0.25, 0.3) is 5.91 Å². The van der Waals surface area contributed by atoms with Gasteiger partial charge in [-0.1, -0.05) is 58.2 Å². The van der Waals surface area contributed by atoms with Crippen molar-refractivity contribution in [3.8, 4) is 6.19 Å². The Bertz CT molecular complexity index is 1160. The molecule has 2 amide bonds. The summed E-state index contributed by atoms with van der Waals surface area (Å²) in [6.45, 7) is 8.04. The number of benzene rings is 1. The largest absolute Gasteiger partial charge is 0.388 e. The van der Waals surface area contributed by atoms with E-state index >= 15 is 0 Å². The number of rotatable bonds is 6. The Balaban J connectivity index is 1.80. The van der Waals surface area contributed by atoms with Crippen molar-refractivity contribution in [3.05, 3.63) is 59.9 Å². The maximum atomic E-state index is 14.3. The number of amides is 2. The summed E-state index contributed by atoms with van der Waals surface area (Å²) in [4.78, 5) is 35.4. The molecule has 2 aliphatic rings. The molecule has 8 nitrogen and oxygen atoms in total. The summed E-state index contributed by atoms with van der Waals surface area (Å²) in [5, 5.41) is 23.7. The number of nitrogens with one attached hydrogen (secondary N) is 1. The van der Waals surface area contributed by atoms with E-state index in [2.05, 4.69) is 37.3 Å². The van der Waals surface area contributed by atoms with Crippen molar-refractivity contribution >= 4 is 17.5 Å². The summed E-state index contributed by atoms with van der Waals surface area (Å²) in [7, 11) is 0. The summed E-state index contributed by atoms with van der Waals surface area (Å²) in [5.41, 5.74) is 0.963. The monoisotopic (exact) mass is 517 g/mol. The molecule has 2 heterocycles. The van der Waals surface area contributed by atoms with Gasteiger partial charge in [-0.2, -0.15) is 5.26 Å². The van der Waals surface area contributed by atoms with Crippen molar-refractivity contribution in [2.45, 2.75) is 95.4 Å². The van der Waals surface area contributed by atoms with Crippen molar-refractivity contribution in [3.63, 3.8) is 0 Å². The molecule has 0 spiro atoms. The van der Waals surface area contributed by atoms with Crippen LogP contribution in [0.4, 0.5) is 5.69 Å². The highest BCUT2D eigenvalue weighted by Gasteiger charge is 2.47. The molecule has 0 radical (unpaired) electrons. The van der Waals surface area contributed by atoms with E-state index in [1.807, 2.05) is 24.3 Å². The molecule has 1 saturated heterocycles. The molecule has 1 saturated carbocycles. The van der Waals surface area contributed by atoms with Crippen LogP contribution in [0.5, 0.6) is 0 Å². The zero-order chi connectivity index (χ0) is 27.5. The molecule has 8 heteroatoms. The molecule has 2 aromatic rings. The predicted octanol–water partition coefficient (Wildman–Crippen LogP) is 4.21. The first-order valence-electron chi connectivity index (χ1n) is 13.5. The molecule has 4 rings (SSSR count). The quantitative estimate of drug-likeness (QED) is 0.556. The Labute approximate surface area is 225 Å². The van der Waals surface area contributed by atoms with Gasteiger partial charge in [0.15, 0.2) is 6.19 Å². The first kappa shape index (κ1) is 27.6. The Morgan fingerprint density at radius 1 is 1.18 bits per heavy atom. The third-order valence-corrected chi connectivity index (χ3v) is 7.64. The number of pyridine rings is 1. The van der Waals surface area contributed by atoms with E-state index in [0.29, 0.717) is 11.3 Å². The first-order valence-corrected chi connectivity index (χ1v) is 13.5. The fourth-order valence-electron chi connectivity index (χ4n) is 5.56. The Hall–Kier alpha value is -3.44. The van der Waals surface area contributed by atoms with Crippen molar-refractivity contribution in [1.29, 1.82) is 5.26 Å². The van der Waals surface area contributed by atoms with Crippen LogP contribution in [0.3, 0.4) is 0 Å². The molecule has 2 N–H and O–H groups in total. The molecule has 38 heavy (non-hydrogen) atoms. The van der Waals surface area contributed by atoms with E-state index in [-0.39, 0.29) is 30.3 Å². The Morgan fingerprint density at radius 3 is 2.45 bits per heavy atom. The van der Waals surface area contributed by atoms with Crippen LogP contribution < -0.4 is 10.2 Å². The Kier molecular flexibility index (Phi) is 8.08. The standard InChI is InChI=1S/C30H39N5O3/c1-29(2,3)22-12-14-24(15-13-22)35(28(37)25-17-30(4,38)19-34(25)20-31)26(21-9-8-16-32-18-21)27(36)33-23-10-6-5-7-11-23/h8-9,12-16,18,23,25-26,38H,5-7,10-11,17,19H2,1-4H3,(H,33,36)/t25-,26?,30?/m1/s1. The van der Waals surface area contributed by atoms with E-state index < -0.39 is 23.6 Å². The molecule has 1 aromatic carbocycles. The van der Waals surface area contributed by atoms with Crippen molar-refractivity contribution in [2.24, 2.45) is 0 Å². The number of aliphatic hydroxyl groups is 1. The van der Waals surface area contributed by atoms with Gasteiger partial charge in [0.2, 0.25) is 5.91 Å². The van der Waals surface area contributed by atoms with Gasteiger partial charge in [-0.25, -0.2) is 0 Å². The van der Waals surface area contributed by atoms with Crippen LogP contribution in [0.15, 0.2) is 48.8 Å². The van der Waals surface area contributed by atoms with Gasteiger partial charge in [0.05, 0.1) is 12.1 Å². The number of carbonyl (C=O) groups is 2. The van der Waals surface area contributed by atoms with Gasteiger partial charge in [0, 0.05) is 36.1 Å². The summed E-state index contributed by atoms with van der Waals surface area (Å²) in [5.74, 6) is -0.674. The fourth-order valence-corrected chi connectivity index (χ4v) is 5.56. The van der Waals surface area contributed by atoms with Gasteiger partial charge in [0.1, 0.15) is 12.1 Å². The maximum Gasteiger partial charge on any atom is 0.251 e. The molecule has 2 fully saturated rings. The van der Waals surface area contributed by atoms with Crippen LogP contribution in [0.2, 0.25) is 0 Å². The molecule has 2 unspecified atom stereocenters. The lowest BCUT2D eigenvalue weighted by Gasteiger charge is -2.35. The number of anilines is 1. The Morgan fingerprint density at radius 2 is 1.87 bits per heavy atom. The summed E-state index contributed by atoms with van der Waals surface area (Å²) in [6, 6.07) is 9.41. The highest BCUT2D eigenvalue weighted by molar-refractivity contribution is 6.04. The van der Waals surface area contributed by atoms with Crippen molar-refractivity contribution in [2.75, 3.05) is 11.4 Å². The van der Waals surface area contributed by atoms with Gasteiger partial charge in [-0.3, -0.25) is 24.4 Å². The molecule has 3 atom stereocenters. The summed E-state index contributed by atoms with van der Waals surface area (Å²) in [6.07, 6.45) is 10.5. The van der Waals surface area contributed by atoms with Gasteiger partial charge >= 0.3 is 0 Å². The van der Waals surface area contributed by atoms with Crippen molar-refractivity contribution < 1.29 is 14.7 Å². The molecule has 1 aliphatic heterocycles. The minimum absolute atomic E-state index is 0.0541. The third kappa shape index (κ3) is 6.16. The molecular weight excluding hydrogens is 478 g/mol. The smallest absolute Gasteiger partial charge is 0.251 e. The molecular formula is C30H39N5O3. The second-order valence-electron chi connectivity index (χ2n) is 12.0. The number of nitriles is 1. The molecule has 202 valence electrons. The maximum absolute atomic E-state index is 14.3. The molecule has 0 bridgehead atoms. The van der Waals surface area contributed by atoms with E-state index in [1.54, 1.807) is 31.5 Å². The van der Waals surface area contributed by atoms with Crippen LogP contribution in [-0.4, -0.2) is 51.0 Å². The lowest BCUT2D eigenvalue weighted by atomic mass is 9.87. The number of aromatic nitrogens is 1. The average molecular weight is 518 g/mol. The van der Waals surface area contributed by atoms with E-state index in [1.165, 1.54) is 9.80 Å². The number of nitrogens with zero attached hydrogens (tertiary/aromatic N) is 4. The number of hydrogen-bond donors (Lipinski definition) is 2. The van der Waals surface area contributed by atoms with Crippen molar-refractivity contribution in [1.82, 2.24) is 15.2 Å². The zero-order valence-corrected chi connectivity index (χ0v) is 22.9. The normalized spacial score (nSPS) is 22.9. The van der Waals surface area contributed by atoms with Crippen LogP contribution in [0.1, 0.15) is 83.4 Å². The number of β-amino-alcohol motifs (C(OH)–C–C–N with tert-alkyl or cyclic N) is 1. The number of carbonyl (C=O) groups excluding carboxylic acids is 2. The van der Waals surface area contributed by atoms with Crippen LogP contribution in [0, 0.1) is 11.5 Å². The van der Waals surface area contributed by atoms with E-state index in [0.717, 1.165) is 37.7 Å². The van der Waals surface area contributed by atoms with Crippen LogP contribution in [0.25, 0.3) is 0 Å². The topological polar surface area (TPSA) is 110 Å². The second kappa shape index (κ2) is 11.1. The third-order valence-electron chi connectivity index (χ3n) is 7.64. The van der Waals surface area contributed by atoms with E-state index in [9.17, 15) is 20.0 Å². The average Bonchev–Trinajstić information content (AvgIpc) is 3.22. The minimum Gasteiger partial charge on any atom is -0.388 e. The minimum atomic E-state index is -1.19. The van der Waals surface area contributed by atoms with Gasteiger partial charge in [-0.15, -0.1) is 0 Å². The summed E-state index contributed by atoms with van der Waals surface area (Å²) >= 11 is 0.